The molecule has 2 N–H and O–H groups in total. The van der Waals surface area contributed by atoms with Crippen molar-refractivity contribution in [3.05, 3.63) is 35.9 Å². The molecule has 0 aliphatic carbocycles. The summed E-state index contributed by atoms with van der Waals surface area (Å²) in [5.41, 5.74) is 0.869. The van der Waals surface area contributed by atoms with E-state index in [-0.39, 0.29) is 11.9 Å². The van der Waals surface area contributed by atoms with Gasteiger partial charge in [-0.3, -0.25) is 9.69 Å². The van der Waals surface area contributed by atoms with E-state index in [1.54, 1.807) is 0 Å². The average molecular weight is 250 g/mol. The van der Waals surface area contributed by atoms with E-state index in [0.717, 1.165) is 5.56 Å². The lowest BCUT2D eigenvalue weighted by Gasteiger charge is -2.21. The second-order valence-corrected chi connectivity index (χ2v) is 4.85. The lowest BCUT2D eigenvalue weighted by Crippen LogP contribution is -2.39. The first-order valence-corrected chi connectivity index (χ1v) is 6.20. The van der Waals surface area contributed by atoms with Crippen molar-refractivity contribution in [3.8, 4) is 0 Å². The molecule has 0 fully saturated rings. The number of carbonyl (C=O) groups excluding carboxylic acids is 1. The van der Waals surface area contributed by atoms with E-state index < -0.39 is 6.10 Å². The molecule has 4 nitrogen and oxygen atoms in total. The van der Waals surface area contributed by atoms with E-state index in [1.165, 1.54) is 0 Å². The highest BCUT2D eigenvalue weighted by molar-refractivity contribution is 5.78. The Bertz CT molecular complexity index is 365. The van der Waals surface area contributed by atoms with Crippen LogP contribution >= 0.6 is 0 Å². The first kappa shape index (κ1) is 14.7. The van der Waals surface area contributed by atoms with Crippen molar-refractivity contribution < 1.29 is 9.90 Å². The summed E-state index contributed by atoms with van der Waals surface area (Å²) in [7, 11) is 1.83. The van der Waals surface area contributed by atoms with Crippen molar-refractivity contribution in [2.75, 3.05) is 20.1 Å². The van der Waals surface area contributed by atoms with Crippen molar-refractivity contribution in [1.29, 1.82) is 0 Å². The number of nitrogens with one attached hydrogen (secondary N) is 1. The van der Waals surface area contributed by atoms with Crippen LogP contribution in [0.4, 0.5) is 0 Å². The largest absolute Gasteiger partial charge is 0.387 e. The number of amides is 1. The summed E-state index contributed by atoms with van der Waals surface area (Å²) in [4.78, 5) is 13.4. The maximum Gasteiger partial charge on any atom is 0.234 e. The molecule has 0 aromatic heterocycles. The Labute approximate surface area is 109 Å². The molecule has 4 heteroatoms. The van der Waals surface area contributed by atoms with E-state index in [2.05, 4.69) is 5.32 Å². The fraction of sp³-hybridized carbons (Fsp3) is 0.500. The number of hydrogen-bond donors (Lipinski definition) is 2. The summed E-state index contributed by atoms with van der Waals surface area (Å²) >= 11 is 0. The molecule has 100 valence electrons. The van der Waals surface area contributed by atoms with Crippen LogP contribution in [-0.4, -0.2) is 42.1 Å². The van der Waals surface area contributed by atoms with Crippen LogP contribution in [0, 0.1) is 0 Å². The summed E-state index contributed by atoms with van der Waals surface area (Å²) in [5, 5.41) is 12.8. The molecule has 1 aromatic rings. The van der Waals surface area contributed by atoms with Crippen molar-refractivity contribution in [2.45, 2.75) is 26.0 Å². The molecular weight excluding hydrogens is 228 g/mol. The van der Waals surface area contributed by atoms with Gasteiger partial charge in [-0.15, -0.1) is 0 Å². The Kier molecular flexibility index (Phi) is 5.82. The lowest BCUT2D eigenvalue weighted by molar-refractivity contribution is -0.122. The molecule has 0 aliphatic heterocycles. The highest BCUT2D eigenvalue weighted by Crippen LogP contribution is 2.12. The van der Waals surface area contributed by atoms with Crippen LogP contribution in [0.3, 0.4) is 0 Å². The van der Waals surface area contributed by atoms with Gasteiger partial charge in [0.05, 0.1) is 12.6 Å². The normalized spacial score (nSPS) is 12.8. The molecule has 1 atom stereocenters. The summed E-state index contributed by atoms with van der Waals surface area (Å²) in [6.45, 7) is 4.59. The number of likely N-dealkylation sites (N-methyl/N-ethyl adjacent to an activating group) is 1. The maximum atomic E-state index is 11.5. The van der Waals surface area contributed by atoms with Gasteiger partial charge in [0.1, 0.15) is 0 Å². The Morgan fingerprint density at radius 2 is 1.94 bits per heavy atom. The van der Waals surface area contributed by atoms with Gasteiger partial charge < -0.3 is 10.4 Å². The molecule has 1 aromatic carbocycles. The number of aliphatic hydroxyl groups is 1. The first-order valence-electron chi connectivity index (χ1n) is 6.20. The summed E-state index contributed by atoms with van der Waals surface area (Å²) < 4.78 is 0. The maximum absolute atomic E-state index is 11.5. The number of carbonyl (C=O) groups is 1. The van der Waals surface area contributed by atoms with Crippen LogP contribution < -0.4 is 5.32 Å². The number of rotatable bonds is 6. The molecule has 0 heterocycles. The first-order chi connectivity index (χ1) is 8.49. The Hall–Kier alpha value is -1.39. The van der Waals surface area contributed by atoms with Crippen molar-refractivity contribution in [1.82, 2.24) is 10.2 Å². The van der Waals surface area contributed by atoms with Crippen LogP contribution in [0.5, 0.6) is 0 Å². The summed E-state index contributed by atoms with van der Waals surface area (Å²) in [5.74, 6) is -0.0206. The lowest BCUT2D eigenvalue weighted by atomic mass is 10.1. The minimum Gasteiger partial charge on any atom is -0.387 e. The molecular formula is C14H22N2O2. The third-order valence-electron chi connectivity index (χ3n) is 2.53. The fourth-order valence-electron chi connectivity index (χ4n) is 1.75. The fourth-order valence-corrected chi connectivity index (χ4v) is 1.75. The molecule has 18 heavy (non-hydrogen) atoms. The van der Waals surface area contributed by atoms with Crippen LogP contribution in [0.1, 0.15) is 25.5 Å². The molecule has 1 unspecified atom stereocenters. The number of nitrogens with zero attached hydrogens (tertiary/aromatic N) is 1. The SMILES string of the molecule is CC(C)NC(=O)CN(C)CC(O)c1ccccc1. The van der Waals surface area contributed by atoms with E-state index in [1.807, 2.05) is 56.1 Å². The molecule has 0 aliphatic rings. The van der Waals surface area contributed by atoms with Crippen LogP contribution in [0.2, 0.25) is 0 Å². The Morgan fingerprint density at radius 1 is 1.33 bits per heavy atom. The zero-order valence-electron chi connectivity index (χ0n) is 11.3. The van der Waals surface area contributed by atoms with E-state index in [0.29, 0.717) is 13.1 Å². The second-order valence-electron chi connectivity index (χ2n) is 4.85. The predicted molar refractivity (Wildman–Crippen MR) is 72.2 cm³/mol. The molecule has 0 saturated carbocycles. The smallest absolute Gasteiger partial charge is 0.234 e. The number of aliphatic hydroxyl groups excluding tert-OH is 1. The summed E-state index contributed by atoms with van der Waals surface area (Å²) in [6.07, 6.45) is -0.567. The summed E-state index contributed by atoms with van der Waals surface area (Å²) in [6, 6.07) is 9.61. The highest BCUT2D eigenvalue weighted by atomic mass is 16.3. The van der Waals surface area contributed by atoms with Crippen LogP contribution in [0.15, 0.2) is 30.3 Å². The van der Waals surface area contributed by atoms with Gasteiger partial charge in [-0.1, -0.05) is 30.3 Å². The average Bonchev–Trinajstić information content (AvgIpc) is 2.28. The van der Waals surface area contributed by atoms with Crippen molar-refractivity contribution >= 4 is 5.91 Å². The van der Waals surface area contributed by atoms with Gasteiger partial charge in [0.25, 0.3) is 0 Å². The number of benzene rings is 1. The van der Waals surface area contributed by atoms with Gasteiger partial charge in [0.15, 0.2) is 0 Å². The van der Waals surface area contributed by atoms with Crippen molar-refractivity contribution in [3.63, 3.8) is 0 Å². The topological polar surface area (TPSA) is 52.6 Å². The predicted octanol–water partition coefficient (Wildman–Crippen LogP) is 1.18. The van der Waals surface area contributed by atoms with E-state index in [9.17, 15) is 9.90 Å². The van der Waals surface area contributed by atoms with Crippen LogP contribution in [-0.2, 0) is 4.79 Å². The molecule has 0 spiro atoms. The zero-order chi connectivity index (χ0) is 13.5. The van der Waals surface area contributed by atoms with Gasteiger partial charge in [0, 0.05) is 12.6 Å². The van der Waals surface area contributed by atoms with E-state index >= 15 is 0 Å². The van der Waals surface area contributed by atoms with Gasteiger partial charge in [0.2, 0.25) is 5.91 Å². The molecule has 0 radical (unpaired) electrons. The number of hydrogen-bond acceptors (Lipinski definition) is 3. The molecule has 0 saturated heterocycles. The minimum atomic E-state index is -0.567. The van der Waals surface area contributed by atoms with Crippen molar-refractivity contribution in [2.24, 2.45) is 0 Å². The zero-order valence-corrected chi connectivity index (χ0v) is 11.3. The van der Waals surface area contributed by atoms with Gasteiger partial charge in [-0.25, -0.2) is 0 Å². The van der Waals surface area contributed by atoms with Gasteiger partial charge in [-0.05, 0) is 26.5 Å². The Morgan fingerprint density at radius 3 is 2.50 bits per heavy atom. The third-order valence-corrected chi connectivity index (χ3v) is 2.53. The quantitative estimate of drug-likeness (QED) is 0.797. The van der Waals surface area contributed by atoms with Gasteiger partial charge >= 0.3 is 0 Å². The molecule has 1 rings (SSSR count). The highest BCUT2D eigenvalue weighted by Gasteiger charge is 2.13. The second kappa shape index (κ2) is 7.13. The minimum absolute atomic E-state index is 0.0206. The molecule has 1 amide bonds. The van der Waals surface area contributed by atoms with E-state index in [4.69, 9.17) is 0 Å². The standard InChI is InChI=1S/C14H22N2O2/c1-11(2)15-14(18)10-16(3)9-13(17)12-7-5-4-6-8-12/h4-8,11,13,17H,9-10H2,1-3H3,(H,15,18). The van der Waals surface area contributed by atoms with Gasteiger partial charge in [-0.2, -0.15) is 0 Å². The Balaban J connectivity index is 2.40. The monoisotopic (exact) mass is 250 g/mol. The third kappa shape index (κ3) is 5.29. The van der Waals surface area contributed by atoms with Crippen LogP contribution in [0.25, 0.3) is 0 Å². The molecule has 0 bridgehead atoms.